The van der Waals surface area contributed by atoms with E-state index >= 15 is 0 Å². The molecule has 2 heterocycles. The molecule has 0 bridgehead atoms. The van der Waals surface area contributed by atoms with Gasteiger partial charge in [0.05, 0.1) is 6.04 Å². The van der Waals surface area contributed by atoms with Crippen molar-refractivity contribution in [3.05, 3.63) is 58.6 Å². The van der Waals surface area contributed by atoms with Crippen LogP contribution in [0.25, 0.3) is 21.8 Å². The smallest absolute Gasteiger partial charge is 0.410 e. The molecule has 0 radical (unpaired) electrons. The summed E-state index contributed by atoms with van der Waals surface area (Å²) in [6.45, 7) is 6.71. The minimum Gasteiger partial charge on any atom is -0.444 e. The van der Waals surface area contributed by atoms with Crippen molar-refractivity contribution < 1.29 is 9.53 Å². The molecular weight excluding hydrogens is 395 g/mol. The Kier molecular flexibility index (Phi) is 4.80. The Morgan fingerprint density at radius 3 is 2.14 bits per heavy atom. The molecule has 0 saturated heterocycles. The number of carbonyl (C=O) groups is 1. The van der Waals surface area contributed by atoms with Gasteiger partial charge in [-0.2, -0.15) is 0 Å². The van der Waals surface area contributed by atoms with Crippen molar-refractivity contribution in [2.75, 3.05) is 13.1 Å². The van der Waals surface area contributed by atoms with Gasteiger partial charge in [-0.25, -0.2) is 4.79 Å². The summed E-state index contributed by atoms with van der Waals surface area (Å²) in [6, 6.07) is 11.7. The third-order valence-corrected chi connectivity index (χ3v) is 5.27. The lowest BCUT2D eigenvalue weighted by atomic mass is 10.1. The first kappa shape index (κ1) is 19.2. The maximum absolute atomic E-state index is 12.6. The number of halogens is 2. The van der Waals surface area contributed by atoms with Crippen LogP contribution in [0.1, 0.15) is 26.8 Å². The molecule has 4 nitrogen and oxygen atoms in total. The van der Waals surface area contributed by atoms with Gasteiger partial charge in [0.15, 0.2) is 0 Å². The fraction of sp³-hybridized carbons (Fsp3) is 0.318. The molecule has 1 aromatic heterocycles. The van der Waals surface area contributed by atoms with Gasteiger partial charge in [0.1, 0.15) is 5.60 Å². The molecule has 1 aliphatic rings. The maximum Gasteiger partial charge on any atom is 0.410 e. The average molecular weight is 417 g/mol. The Morgan fingerprint density at radius 1 is 1.04 bits per heavy atom. The van der Waals surface area contributed by atoms with Crippen molar-refractivity contribution in [3.8, 4) is 0 Å². The van der Waals surface area contributed by atoms with Gasteiger partial charge in [-0.3, -0.25) is 0 Å². The number of hydrogen-bond donors (Lipinski definition) is 0. The Bertz CT molecular complexity index is 1040. The highest BCUT2D eigenvalue weighted by atomic mass is 35.5. The molecule has 1 unspecified atom stereocenters. The minimum absolute atomic E-state index is 0.0105. The highest BCUT2D eigenvalue weighted by Gasteiger charge is 2.27. The minimum atomic E-state index is -0.520. The number of carbonyl (C=O) groups excluding carboxylic acids is 1. The number of aromatic nitrogens is 1. The molecule has 28 heavy (non-hydrogen) atoms. The van der Waals surface area contributed by atoms with Gasteiger partial charge in [-0.05, 0) is 57.2 Å². The molecule has 0 saturated carbocycles. The maximum atomic E-state index is 12.6. The van der Waals surface area contributed by atoms with E-state index in [-0.39, 0.29) is 12.1 Å². The van der Waals surface area contributed by atoms with Crippen LogP contribution < -0.4 is 0 Å². The topological polar surface area (TPSA) is 34.5 Å². The van der Waals surface area contributed by atoms with Gasteiger partial charge in [0.25, 0.3) is 0 Å². The van der Waals surface area contributed by atoms with E-state index in [1.54, 1.807) is 4.90 Å². The van der Waals surface area contributed by atoms with Crippen LogP contribution in [-0.4, -0.2) is 34.3 Å². The van der Waals surface area contributed by atoms with Gasteiger partial charge in [0, 0.05) is 44.9 Å². The van der Waals surface area contributed by atoms with Crippen LogP contribution >= 0.6 is 23.2 Å². The molecule has 1 amide bonds. The van der Waals surface area contributed by atoms with Crippen molar-refractivity contribution in [1.29, 1.82) is 0 Å². The largest absolute Gasteiger partial charge is 0.444 e. The van der Waals surface area contributed by atoms with Crippen LogP contribution in [-0.2, 0) is 4.74 Å². The van der Waals surface area contributed by atoms with Crippen molar-refractivity contribution in [3.63, 3.8) is 0 Å². The Morgan fingerprint density at radius 2 is 1.61 bits per heavy atom. The molecule has 0 N–H and O–H groups in total. The van der Waals surface area contributed by atoms with E-state index in [2.05, 4.69) is 10.6 Å². The lowest BCUT2D eigenvalue weighted by Gasteiger charge is -2.32. The van der Waals surface area contributed by atoms with Crippen LogP contribution in [0.3, 0.4) is 0 Å². The fourth-order valence-electron chi connectivity index (χ4n) is 3.70. The Labute approximate surface area is 174 Å². The lowest BCUT2D eigenvalue weighted by Crippen LogP contribution is -2.41. The first-order valence-corrected chi connectivity index (χ1v) is 10.0. The second-order valence-electron chi connectivity index (χ2n) is 8.07. The number of ether oxygens (including phenoxy) is 1. The van der Waals surface area contributed by atoms with Gasteiger partial charge >= 0.3 is 6.09 Å². The van der Waals surface area contributed by atoms with Crippen LogP contribution in [0.5, 0.6) is 0 Å². The number of rotatable bonds is 1. The van der Waals surface area contributed by atoms with Crippen molar-refractivity contribution in [2.45, 2.75) is 32.4 Å². The quantitative estimate of drug-likeness (QED) is 0.427. The standard InChI is InChI=1S/C22H22Cl2N2O2/c1-22(2,3)28-21(27)25-10-4-5-16(13-25)26-19-8-6-14(23)11-17(19)18-12-15(24)7-9-20(18)26/h4-9,11-12,16H,10,13H2,1-3H3. The molecule has 0 aliphatic carbocycles. The van der Waals surface area contributed by atoms with E-state index in [1.165, 1.54) is 0 Å². The summed E-state index contributed by atoms with van der Waals surface area (Å²) < 4.78 is 7.80. The monoisotopic (exact) mass is 416 g/mol. The molecule has 6 heteroatoms. The molecular formula is C22H22Cl2N2O2. The molecule has 4 rings (SSSR count). The third-order valence-electron chi connectivity index (χ3n) is 4.80. The molecule has 1 atom stereocenters. The second-order valence-corrected chi connectivity index (χ2v) is 8.95. The van der Waals surface area contributed by atoms with E-state index < -0.39 is 5.60 Å². The summed E-state index contributed by atoms with van der Waals surface area (Å²) in [6.07, 6.45) is 3.86. The van der Waals surface area contributed by atoms with E-state index in [1.807, 2.05) is 63.2 Å². The SMILES string of the molecule is CC(C)(C)OC(=O)N1CC=CC(n2c3ccc(Cl)cc3c3cc(Cl)ccc32)C1. The van der Waals surface area contributed by atoms with Gasteiger partial charge < -0.3 is 14.2 Å². The second kappa shape index (κ2) is 7.02. The zero-order chi connectivity index (χ0) is 20.1. The normalized spacial score (nSPS) is 17.5. The number of hydrogen-bond acceptors (Lipinski definition) is 2. The Hall–Kier alpha value is -2.17. The van der Waals surface area contributed by atoms with Crippen LogP contribution in [0.4, 0.5) is 4.79 Å². The third kappa shape index (κ3) is 3.59. The van der Waals surface area contributed by atoms with E-state index in [4.69, 9.17) is 27.9 Å². The summed E-state index contributed by atoms with van der Waals surface area (Å²) in [4.78, 5) is 14.3. The zero-order valence-electron chi connectivity index (χ0n) is 16.1. The van der Waals surface area contributed by atoms with Crippen LogP contribution in [0.2, 0.25) is 10.0 Å². The van der Waals surface area contributed by atoms with Gasteiger partial charge in [-0.1, -0.05) is 35.4 Å². The average Bonchev–Trinajstić information content (AvgIpc) is 2.93. The number of amides is 1. The first-order valence-electron chi connectivity index (χ1n) is 9.26. The summed E-state index contributed by atoms with van der Waals surface area (Å²) >= 11 is 12.5. The van der Waals surface area contributed by atoms with E-state index in [0.717, 1.165) is 21.8 Å². The molecule has 0 fully saturated rings. The summed E-state index contributed by atoms with van der Waals surface area (Å²) in [7, 11) is 0. The zero-order valence-corrected chi connectivity index (χ0v) is 17.6. The molecule has 0 spiro atoms. The van der Waals surface area contributed by atoms with Crippen LogP contribution in [0, 0.1) is 0 Å². The number of nitrogens with zero attached hydrogens (tertiary/aromatic N) is 2. The predicted octanol–water partition coefficient (Wildman–Crippen LogP) is 6.45. The highest BCUT2D eigenvalue weighted by Crippen LogP contribution is 2.36. The Balaban J connectivity index is 1.79. The summed E-state index contributed by atoms with van der Waals surface area (Å²) in [5, 5.41) is 3.46. The predicted molar refractivity (Wildman–Crippen MR) is 115 cm³/mol. The first-order chi connectivity index (χ1) is 13.2. The van der Waals surface area contributed by atoms with Gasteiger partial charge in [-0.15, -0.1) is 0 Å². The number of fused-ring (bicyclic) bond motifs is 3. The lowest BCUT2D eigenvalue weighted by molar-refractivity contribution is 0.0249. The molecule has 146 valence electrons. The fourth-order valence-corrected chi connectivity index (χ4v) is 4.05. The van der Waals surface area contributed by atoms with Gasteiger partial charge in [0.2, 0.25) is 0 Å². The highest BCUT2D eigenvalue weighted by molar-refractivity contribution is 6.33. The van der Waals surface area contributed by atoms with Crippen molar-refractivity contribution in [1.82, 2.24) is 9.47 Å². The van der Waals surface area contributed by atoms with Crippen LogP contribution in [0.15, 0.2) is 48.6 Å². The molecule has 1 aliphatic heterocycles. The summed E-state index contributed by atoms with van der Waals surface area (Å²) in [5.74, 6) is 0. The van der Waals surface area contributed by atoms with E-state index in [9.17, 15) is 4.79 Å². The van der Waals surface area contributed by atoms with Crippen molar-refractivity contribution >= 4 is 51.1 Å². The number of benzene rings is 2. The molecule has 2 aromatic carbocycles. The summed E-state index contributed by atoms with van der Waals surface area (Å²) in [5.41, 5.74) is 1.60. The molecule has 3 aromatic rings. The van der Waals surface area contributed by atoms with E-state index in [0.29, 0.717) is 23.1 Å². The van der Waals surface area contributed by atoms with Crippen molar-refractivity contribution in [2.24, 2.45) is 0 Å².